The van der Waals surface area contributed by atoms with E-state index in [0.717, 1.165) is 48.7 Å². The first-order chi connectivity index (χ1) is 14.9. The lowest BCUT2D eigenvalue weighted by atomic mass is 9.98. The zero-order valence-electron chi connectivity index (χ0n) is 18.7. The van der Waals surface area contributed by atoms with Crippen LogP contribution in [0.5, 0.6) is 0 Å². The molecule has 2 aliphatic heterocycles. The highest BCUT2D eigenvalue weighted by Crippen LogP contribution is 2.40. The van der Waals surface area contributed by atoms with Gasteiger partial charge in [-0.25, -0.2) is 0 Å². The highest BCUT2D eigenvalue weighted by molar-refractivity contribution is 6.05. The molecule has 0 spiro atoms. The van der Waals surface area contributed by atoms with Gasteiger partial charge >= 0.3 is 0 Å². The van der Waals surface area contributed by atoms with Gasteiger partial charge in [-0.3, -0.25) is 9.59 Å². The molecule has 1 fully saturated rings. The van der Waals surface area contributed by atoms with E-state index in [4.69, 9.17) is 0 Å². The molecule has 1 saturated heterocycles. The van der Waals surface area contributed by atoms with Crippen LogP contribution in [0.3, 0.4) is 0 Å². The van der Waals surface area contributed by atoms with Crippen LogP contribution in [0.1, 0.15) is 30.1 Å². The van der Waals surface area contributed by atoms with Gasteiger partial charge in [0, 0.05) is 44.1 Å². The Morgan fingerprint density at radius 2 is 1.77 bits per heavy atom. The summed E-state index contributed by atoms with van der Waals surface area (Å²) in [6.07, 6.45) is 2.04. The molecule has 0 aromatic heterocycles. The number of benzene rings is 2. The van der Waals surface area contributed by atoms with Crippen molar-refractivity contribution in [3.8, 4) is 0 Å². The molecule has 4 rings (SSSR count). The zero-order chi connectivity index (χ0) is 22.1. The Balaban J connectivity index is 1.67. The maximum absolute atomic E-state index is 12.9. The zero-order valence-corrected chi connectivity index (χ0v) is 18.7. The first-order valence-corrected chi connectivity index (χ1v) is 10.9. The molecular formula is C24H31N5O2. The molecule has 2 aromatic carbocycles. The van der Waals surface area contributed by atoms with Gasteiger partial charge in [-0.05, 0) is 69.3 Å². The largest absolute Gasteiger partial charge is 0.355 e. The summed E-state index contributed by atoms with van der Waals surface area (Å²) in [6.45, 7) is 3.94. The van der Waals surface area contributed by atoms with Gasteiger partial charge < -0.3 is 25.3 Å². The van der Waals surface area contributed by atoms with Crippen LogP contribution in [0.2, 0.25) is 0 Å². The molecule has 0 aliphatic carbocycles. The summed E-state index contributed by atoms with van der Waals surface area (Å²) < 4.78 is 0. The summed E-state index contributed by atoms with van der Waals surface area (Å²) in [6, 6.07) is 13.8. The van der Waals surface area contributed by atoms with Crippen LogP contribution in [0.4, 0.5) is 22.7 Å². The number of nitrogens with zero attached hydrogens (tertiary/aromatic N) is 3. The number of likely N-dealkylation sites (N-methyl/N-ethyl adjacent to an activating group) is 1. The second kappa shape index (κ2) is 8.59. The fraction of sp³-hybridized carbons (Fsp3) is 0.417. The number of rotatable bonds is 4. The van der Waals surface area contributed by atoms with Crippen LogP contribution in [-0.4, -0.2) is 63.0 Å². The van der Waals surface area contributed by atoms with Gasteiger partial charge in [0.15, 0.2) is 0 Å². The fourth-order valence-corrected chi connectivity index (χ4v) is 4.57. The molecule has 2 aromatic rings. The van der Waals surface area contributed by atoms with E-state index in [1.165, 1.54) is 0 Å². The Morgan fingerprint density at radius 3 is 2.48 bits per heavy atom. The monoisotopic (exact) mass is 421 g/mol. The molecule has 0 radical (unpaired) electrons. The van der Waals surface area contributed by atoms with Gasteiger partial charge in [0.2, 0.25) is 5.91 Å². The van der Waals surface area contributed by atoms with Crippen molar-refractivity contribution in [2.75, 3.05) is 49.3 Å². The number of carbonyl (C=O) groups excluding carboxylic acids is 2. The average molecular weight is 422 g/mol. The lowest BCUT2D eigenvalue weighted by Crippen LogP contribution is -2.56. The maximum atomic E-state index is 12.9. The van der Waals surface area contributed by atoms with Crippen molar-refractivity contribution in [1.82, 2.24) is 10.2 Å². The topological polar surface area (TPSA) is 67.9 Å². The number of carbonyl (C=O) groups is 2. The molecule has 7 nitrogen and oxygen atoms in total. The minimum absolute atomic E-state index is 0.0277. The second-order valence-electron chi connectivity index (χ2n) is 8.57. The van der Waals surface area contributed by atoms with Crippen molar-refractivity contribution < 1.29 is 9.59 Å². The summed E-state index contributed by atoms with van der Waals surface area (Å²) in [5.41, 5.74) is 4.44. The molecule has 0 unspecified atom stereocenters. The van der Waals surface area contributed by atoms with Gasteiger partial charge in [-0.1, -0.05) is 6.07 Å². The SMILES string of the molecule is C[C@@H]1C(=O)N(C)c2ccc(Nc3cccc(C(=O)N(C)C)c3)cc2N1C1CCNCC1. The standard InChI is InChI=1S/C24H31N5O2/c1-16-23(30)28(4)21-9-8-19(15-22(21)29(16)20-10-12-25-13-11-20)26-18-7-5-6-17(14-18)24(31)27(2)3/h5-9,14-16,20,25-26H,10-13H2,1-4H3/t16-/m1/s1. The van der Waals surface area contributed by atoms with E-state index in [1.807, 2.05) is 50.4 Å². The van der Waals surface area contributed by atoms with Crippen molar-refractivity contribution >= 4 is 34.6 Å². The number of nitrogens with one attached hydrogen (secondary N) is 2. The summed E-state index contributed by atoms with van der Waals surface area (Å²) in [4.78, 5) is 30.8. The Morgan fingerprint density at radius 1 is 1.06 bits per heavy atom. The minimum Gasteiger partial charge on any atom is -0.355 e. The Bertz CT molecular complexity index is 984. The third-order valence-corrected chi connectivity index (χ3v) is 6.23. The Hall–Kier alpha value is -3.06. The lowest BCUT2D eigenvalue weighted by molar-refractivity contribution is -0.119. The van der Waals surface area contributed by atoms with Crippen molar-refractivity contribution in [2.24, 2.45) is 0 Å². The molecule has 2 heterocycles. The lowest BCUT2D eigenvalue weighted by Gasteiger charge is -2.46. The fourth-order valence-electron chi connectivity index (χ4n) is 4.57. The number of anilines is 4. The number of fused-ring (bicyclic) bond motifs is 1. The molecule has 0 bridgehead atoms. The second-order valence-corrected chi connectivity index (χ2v) is 8.57. The molecule has 7 heteroatoms. The average Bonchev–Trinajstić information content (AvgIpc) is 2.78. The Kier molecular flexibility index (Phi) is 5.87. The van der Waals surface area contributed by atoms with Crippen molar-refractivity contribution in [3.05, 3.63) is 48.0 Å². The van der Waals surface area contributed by atoms with E-state index in [2.05, 4.69) is 21.6 Å². The summed E-state index contributed by atoms with van der Waals surface area (Å²) >= 11 is 0. The summed E-state index contributed by atoms with van der Waals surface area (Å²) in [7, 11) is 5.35. The van der Waals surface area contributed by atoms with Crippen molar-refractivity contribution in [3.63, 3.8) is 0 Å². The summed E-state index contributed by atoms with van der Waals surface area (Å²) in [5.74, 6) is 0.0989. The molecule has 2 aliphatic rings. The smallest absolute Gasteiger partial charge is 0.253 e. The van der Waals surface area contributed by atoms with Crippen LogP contribution in [0, 0.1) is 0 Å². The highest BCUT2D eigenvalue weighted by atomic mass is 16.2. The van der Waals surface area contributed by atoms with Gasteiger partial charge in [-0.15, -0.1) is 0 Å². The normalized spacial score (nSPS) is 19.2. The van der Waals surface area contributed by atoms with Gasteiger partial charge in [0.1, 0.15) is 6.04 Å². The summed E-state index contributed by atoms with van der Waals surface area (Å²) in [5, 5.41) is 6.85. The molecule has 164 valence electrons. The Labute approximate surface area is 184 Å². The van der Waals surface area contributed by atoms with Crippen molar-refractivity contribution in [1.29, 1.82) is 0 Å². The number of amides is 2. The van der Waals surface area contributed by atoms with Crippen LogP contribution < -0.4 is 20.4 Å². The van der Waals surface area contributed by atoms with Crippen LogP contribution in [0.25, 0.3) is 0 Å². The molecular weight excluding hydrogens is 390 g/mol. The van der Waals surface area contributed by atoms with E-state index >= 15 is 0 Å². The highest BCUT2D eigenvalue weighted by Gasteiger charge is 2.37. The van der Waals surface area contributed by atoms with E-state index in [-0.39, 0.29) is 17.9 Å². The van der Waals surface area contributed by atoms with Gasteiger partial charge in [-0.2, -0.15) is 0 Å². The van der Waals surface area contributed by atoms with E-state index in [9.17, 15) is 9.59 Å². The molecule has 2 N–H and O–H groups in total. The molecule has 1 atom stereocenters. The molecule has 31 heavy (non-hydrogen) atoms. The van der Waals surface area contributed by atoms with E-state index in [0.29, 0.717) is 11.6 Å². The molecule has 0 saturated carbocycles. The predicted molar refractivity (Wildman–Crippen MR) is 125 cm³/mol. The van der Waals surface area contributed by atoms with Gasteiger partial charge in [0.25, 0.3) is 5.91 Å². The number of hydrogen-bond donors (Lipinski definition) is 2. The van der Waals surface area contributed by atoms with Crippen LogP contribution in [0.15, 0.2) is 42.5 Å². The third kappa shape index (κ3) is 4.10. The first-order valence-electron chi connectivity index (χ1n) is 10.9. The van der Waals surface area contributed by atoms with Gasteiger partial charge in [0.05, 0.1) is 11.4 Å². The number of hydrogen-bond acceptors (Lipinski definition) is 5. The quantitative estimate of drug-likeness (QED) is 0.794. The third-order valence-electron chi connectivity index (χ3n) is 6.23. The van der Waals surface area contributed by atoms with E-state index < -0.39 is 0 Å². The van der Waals surface area contributed by atoms with Crippen LogP contribution >= 0.6 is 0 Å². The molecule has 2 amide bonds. The predicted octanol–water partition coefficient (Wildman–Crippen LogP) is 3.06. The first kappa shape index (κ1) is 21.2. The van der Waals surface area contributed by atoms with Crippen LogP contribution in [-0.2, 0) is 4.79 Å². The maximum Gasteiger partial charge on any atom is 0.253 e. The minimum atomic E-state index is -0.197. The van der Waals surface area contributed by atoms with E-state index in [1.54, 1.807) is 23.9 Å². The number of piperidine rings is 1. The van der Waals surface area contributed by atoms with Crippen molar-refractivity contribution in [2.45, 2.75) is 31.8 Å².